The van der Waals surface area contributed by atoms with Crippen LogP contribution in [0, 0.1) is 6.92 Å². The molecule has 160 valence electrons. The van der Waals surface area contributed by atoms with E-state index in [1.54, 1.807) is 40.1 Å². The van der Waals surface area contributed by atoms with E-state index >= 15 is 0 Å². The highest BCUT2D eigenvalue weighted by Crippen LogP contribution is 2.25. The number of likely N-dealkylation sites (tertiary alicyclic amines) is 1. The maximum absolute atomic E-state index is 13.1. The van der Waals surface area contributed by atoms with Crippen molar-refractivity contribution < 1.29 is 18.0 Å². The van der Waals surface area contributed by atoms with Gasteiger partial charge in [0.25, 0.3) is 5.91 Å². The van der Waals surface area contributed by atoms with Crippen LogP contribution in [0.2, 0.25) is 0 Å². The van der Waals surface area contributed by atoms with Gasteiger partial charge in [-0.1, -0.05) is 23.8 Å². The van der Waals surface area contributed by atoms with E-state index in [2.05, 4.69) is 0 Å². The first kappa shape index (κ1) is 21.0. The minimum atomic E-state index is -3.57. The Morgan fingerprint density at radius 2 is 1.70 bits per heavy atom. The van der Waals surface area contributed by atoms with Gasteiger partial charge in [-0.05, 0) is 43.3 Å². The molecule has 3 heterocycles. The van der Waals surface area contributed by atoms with Crippen molar-refractivity contribution in [3.05, 3.63) is 52.2 Å². The summed E-state index contributed by atoms with van der Waals surface area (Å²) >= 11 is 1.38. The molecule has 1 aromatic carbocycles. The number of thiophene rings is 1. The second kappa shape index (κ2) is 8.49. The fraction of sp³-hybridized carbons (Fsp3) is 0.429. The molecule has 30 heavy (non-hydrogen) atoms. The molecule has 0 aliphatic carbocycles. The molecule has 0 bridgehead atoms. The molecular weight excluding hydrogens is 422 g/mol. The zero-order valence-electron chi connectivity index (χ0n) is 16.9. The number of piperazine rings is 1. The van der Waals surface area contributed by atoms with Gasteiger partial charge in [-0.2, -0.15) is 4.31 Å². The minimum absolute atomic E-state index is 0.0789. The summed E-state index contributed by atoms with van der Waals surface area (Å²) in [5.74, 6) is -0.175. The van der Waals surface area contributed by atoms with E-state index in [0.29, 0.717) is 30.9 Å². The third-order valence-corrected chi connectivity index (χ3v) is 8.51. The second-order valence-electron chi connectivity index (χ2n) is 7.68. The highest BCUT2D eigenvalue weighted by atomic mass is 32.2. The molecule has 1 atom stereocenters. The van der Waals surface area contributed by atoms with Crippen molar-refractivity contribution in [2.45, 2.75) is 30.7 Å². The predicted octanol–water partition coefficient (Wildman–Crippen LogP) is 2.19. The van der Waals surface area contributed by atoms with E-state index in [1.165, 1.54) is 15.6 Å². The highest BCUT2D eigenvalue weighted by molar-refractivity contribution is 7.89. The zero-order chi connectivity index (χ0) is 21.3. The minimum Gasteiger partial charge on any atom is -0.338 e. The van der Waals surface area contributed by atoms with Gasteiger partial charge >= 0.3 is 0 Å². The molecule has 0 radical (unpaired) electrons. The number of sulfonamides is 1. The first-order chi connectivity index (χ1) is 14.4. The van der Waals surface area contributed by atoms with Crippen LogP contribution in [0.1, 0.15) is 28.1 Å². The number of benzene rings is 1. The van der Waals surface area contributed by atoms with Crippen LogP contribution < -0.4 is 0 Å². The molecular formula is C21H25N3O4S2. The van der Waals surface area contributed by atoms with E-state index in [4.69, 9.17) is 0 Å². The van der Waals surface area contributed by atoms with Crippen molar-refractivity contribution in [1.29, 1.82) is 0 Å². The van der Waals surface area contributed by atoms with Gasteiger partial charge in [0.1, 0.15) is 6.04 Å². The summed E-state index contributed by atoms with van der Waals surface area (Å²) in [5, 5.41) is 1.86. The Bertz CT molecular complexity index is 1010. The topological polar surface area (TPSA) is 78.0 Å². The summed E-state index contributed by atoms with van der Waals surface area (Å²) in [7, 11) is -3.57. The van der Waals surface area contributed by atoms with Crippen LogP contribution in [-0.4, -0.2) is 73.1 Å². The van der Waals surface area contributed by atoms with Gasteiger partial charge in [0.05, 0.1) is 9.77 Å². The molecule has 2 fully saturated rings. The average Bonchev–Trinajstić information content (AvgIpc) is 3.45. The number of hydrogen-bond donors (Lipinski definition) is 0. The quantitative estimate of drug-likeness (QED) is 0.720. The van der Waals surface area contributed by atoms with Gasteiger partial charge in [0, 0.05) is 32.7 Å². The molecule has 7 nitrogen and oxygen atoms in total. The summed E-state index contributed by atoms with van der Waals surface area (Å²) in [6, 6.07) is 9.96. The Kier molecular flexibility index (Phi) is 5.95. The summed E-state index contributed by atoms with van der Waals surface area (Å²) in [4.78, 5) is 30.2. The van der Waals surface area contributed by atoms with E-state index < -0.39 is 16.1 Å². The van der Waals surface area contributed by atoms with Gasteiger partial charge in [-0.3, -0.25) is 9.59 Å². The lowest BCUT2D eigenvalue weighted by Gasteiger charge is -2.36. The number of aryl methyl sites for hydroxylation is 1. The predicted molar refractivity (Wildman–Crippen MR) is 115 cm³/mol. The lowest BCUT2D eigenvalue weighted by atomic mass is 10.1. The highest BCUT2D eigenvalue weighted by Gasteiger charge is 2.39. The molecule has 2 aromatic rings. The van der Waals surface area contributed by atoms with Gasteiger partial charge in [-0.25, -0.2) is 8.42 Å². The number of carbonyl (C=O) groups is 2. The first-order valence-electron chi connectivity index (χ1n) is 10.1. The van der Waals surface area contributed by atoms with Crippen molar-refractivity contribution in [3.8, 4) is 0 Å². The molecule has 2 aliphatic rings. The standard InChI is InChI=1S/C21H25N3O4S2/c1-16-6-8-17(9-7-16)30(27,28)23-13-11-22(12-14-23)20(25)18-4-2-10-24(18)21(26)19-5-3-15-29-19/h3,5-9,15,18H,2,4,10-14H2,1H3. The number of carbonyl (C=O) groups excluding carboxylic acids is 2. The van der Waals surface area contributed by atoms with E-state index in [1.807, 2.05) is 18.4 Å². The normalized spacial score (nSPS) is 20.5. The van der Waals surface area contributed by atoms with Crippen LogP contribution in [0.25, 0.3) is 0 Å². The molecule has 0 N–H and O–H groups in total. The Labute approximate surface area is 180 Å². The van der Waals surface area contributed by atoms with Crippen LogP contribution in [0.5, 0.6) is 0 Å². The summed E-state index contributed by atoms with van der Waals surface area (Å²) in [6.07, 6.45) is 1.45. The SMILES string of the molecule is Cc1ccc(S(=O)(=O)N2CCN(C(=O)C3CCCN3C(=O)c3cccs3)CC2)cc1. The smallest absolute Gasteiger partial charge is 0.264 e. The second-order valence-corrected chi connectivity index (χ2v) is 10.6. The third-order valence-electron chi connectivity index (χ3n) is 5.74. The first-order valence-corrected chi connectivity index (χ1v) is 12.4. The van der Waals surface area contributed by atoms with Gasteiger partial charge < -0.3 is 9.80 Å². The molecule has 1 aromatic heterocycles. The van der Waals surface area contributed by atoms with Crippen molar-refractivity contribution in [2.75, 3.05) is 32.7 Å². The van der Waals surface area contributed by atoms with E-state index in [9.17, 15) is 18.0 Å². The Hall–Kier alpha value is -2.23. The van der Waals surface area contributed by atoms with E-state index in [0.717, 1.165) is 12.0 Å². The molecule has 2 saturated heterocycles. The monoisotopic (exact) mass is 447 g/mol. The number of hydrogen-bond acceptors (Lipinski definition) is 5. The maximum atomic E-state index is 13.1. The number of nitrogens with zero attached hydrogens (tertiary/aromatic N) is 3. The fourth-order valence-electron chi connectivity index (χ4n) is 4.03. The van der Waals surface area contributed by atoms with Crippen molar-refractivity contribution in [3.63, 3.8) is 0 Å². The Morgan fingerprint density at radius 1 is 1.00 bits per heavy atom. The Morgan fingerprint density at radius 3 is 2.33 bits per heavy atom. The lowest BCUT2D eigenvalue weighted by molar-refractivity contribution is -0.136. The number of rotatable bonds is 4. The third kappa shape index (κ3) is 4.01. The molecule has 2 aliphatic heterocycles. The average molecular weight is 448 g/mol. The molecule has 4 rings (SSSR count). The van der Waals surface area contributed by atoms with Crippen molar-refractivity contribution >= 4 is 33.2 Å². The molecule has 0 saturated carbocycles. The summed E-state index contributed by atoms with van der Waals surface area (Å²) in [5.41, 5.74) is 1.00. The molecule has 1 unspecified atom stereocenters. The Balaban J connectivity index is 1.40. The number of amides is 2. The van der Waals surface area contributed by atoms with Crippen LogP contribution in [0.4, 0.5) is 0 Å². The summed E-state index contributed by atoms with van der Waals surface area (Å²) < 4.78 is 27.2. The maximum Gasteiger partial charge on any atom is 0.264 e. The van der Waals surface area contributed by atoms with Crippen LogP contribution in [0.15, 0.2) is 46.7 Å². The van der Waals surface area contributed by atoms with Gasteiger partial charge in [-0.15, -0.1) is 11.3 Å². The molecule has 2 amide bonds. The van der Waals surface area contributed by atoms with Gasteiger partial charge in [0.15, 0.2) is 0 Å². The van der Waals surface area contributed by atoms with Crippen LogP contribution >= 0.6 is 11.3 Å². The molecule has 9 heteroatoms. The fourth-order valence-corrected chi connectivity index (χ4v) is 6.13. The van der Waals surface area contributed by atoms with Crippen molar-refractivity contribution in [1.82, 2.24) is 14.1 Å². The van der Waals surface area contributed by atoms with E-state index in [-0.39, 0.29) is 29.8 Å². The van der Waals surface area contributed by atoms with Crippen LogP contribution in [0.3, 0.4) is 0 Å². The van der Waals surface area contributed by atoms with Crippen LogP contribution in [-0.2, 0) is 14.8 Å². The largest absolute Gasteiger partial charge is 0.338 e. The zero-order valence-corrected chi connectivity index (χ0v) is 18.5. The lowest BCUT2D eigenvalue weighted by Crippen LogP contribution is -2.55. The summed E-state index contributed by atoms with van der Waals surface area (Å²) in [6.45, 7) is 3.68. The van der Waals surface area contributed by atoms with Gasteiger partial charge in [0.2, 0.25) is 15.9 Å². The van der Waals surface area contributed by atoms with Crippen molar-refractivity contribution in [2.24, 2.45) is 0 Å². The molecule has 0 spiro atoms.